The molecule has 0 heterocycles. The maximum absolute atomic E-state index is 13.8. The molecule has 1 unspecified atom stereocenters. The largest absolute Gasteiger partial charge is 0.496 e. The minimum Gasteiger partial charge on any atom is -0.496 e. The summed E-state index contributed by atoms with van der Waals surface area (Å²) in [5.74, 6) is -2.63. The highest BCUT2D eigenvalue weighted by Crippen LogP contribution is 2.39. The molecule has 0 N–H and O–H groups in total. The van der Waals surface area contributed by atoms with Crippen LogP contribution in [0.15, 0.2) is 34.8 Å². The third-order valence-corrected chi connectivity index (χ3v) is 4.26. The fourth-order valence-corrected chi connectivity index (χ4v) is 2.86. The molecule has 0 saturated carbocycles. The van der Waals surface area contributed by atoms with Gasteiger partial charge in [-0.3, -0.25) is 0 Å². The zero-order valence-electron chi connectivity index (χ0n) is 10.3. The summed E-state index contributed by atoms with van der Waals surface area (Å²) in [4.78, 5) is -0.652. The highest BCUT2D eigenvalue weighted by Gasteiger charge is 2.21. The molecule has 2 aromatic carbocycles. The van der Waals surface area contributed by atoms with Gasteiger partial charge in [0.15, 0.2) is 11.6 Å². The predicted octanol–water partition coefficient (Wildman–Crippen LogP) is 5.36. The van der Waals surface area contributed by atoms with Gasteiger partial charge in [-0.15, -0.1) is 0 Å². The summed E-state index contributed by atoms with van der Waals surface area (Å²) >= 11 is 6.59. The van der Waals surface area contributed by atoms with E-state index in [9.17, 15) is 13.2 Å². The van der Waals surface area contributed by atoms with Crippen LogP contribution < -0.4 is 4.74 Å². The van der Waals surface area contributed by atoms with E-state index in [1.807, 2.05) is 0 Å². The Morgan fingerprint density at radius 3 is 2.25 bits per heavy atom. The number of methoxy groups -OCH3 is 1. The molecule has 0 aliphatic heterocycles. The van der Waals surface area contributed by atoms with Crippen LogP contribution in [0.25, 0.3) is 0 Å². The van der Waals surface area contributed by atoms with E-state index >= 15 is 0 Å². The van der Waals surface area contributed by atoms with Crippen molar-refractivity contribution >= 4 is 31.9 Å². The van der Waals surface area contributed by atoms with E-state index in [2.05, 4.69) is 31.9 Å². The van der Waals surface area contributed by atoms with Crippen molar-refractivity contribution in [2.24, 2.45) is 0 Å². The van der Waals surface area contributed by atoms with Crippen LogP contribution in [0, 0.1) is 17.5 Å². The Bertz CT molecular complexity index is 647. The molecule has 0 fully saturated rings. The number of ether oxygens (including phenoxy) is 1. The Kier molecular flexibility index (Phi) is 4.75. The second-order valence-corrected chi connectivity index (χ2v) is 5.87. The first kappa shape index (κ1) is 15.4. The molecule has 1 nitrogen and oxygen atoms in total. The Morgan fingerprint density at radius 2 is 1.60 bits per heavy atom. The lowest BCUT2D eigenvalue weighted by atomic mass is 10.0. The average molecular weight is 410 g/mol. The van der Waals surface area contributed by atoms with Crippen LogP contribution >= 0.6 is 31.9 Å². The Balaban J connectivity index is 2.51. The molecule has 2 aromatic rings. The molecule has 0 aliphatic rings. The monoisotopic (exact) mass is 408 g/mol. The summed E-state index contributed by atoms with van der Waals surface area (Å²) < 4.78 is 46.0. The maximum atomic E-state index is 13.8. The standard InChI is InChI=1S/C14H9Br2F3O/c1-20-13-4-7(15)2-3-8(13)14(16)9-5-11(18)12(19)6-10(9)17/h2-6,14H,1H3. The van der Waals surface area contributed by atoms with E-state index in [0.29, 0.717) is 17.4 Å². The van der Waals surface area contributed by atoms with Gasteiger partial charge in [0.25, 0.3) is 0 Å². The summed E-state index contributed by atoms with van der Waals surface area (Å²) in [6.45, 7) is 0. The fourth-order valence-electron chi connectivity index (χ4n) is 1.79. The Hall–Kier alpha value is -1.01. The molecule has 1 atom stereocenters. The van der Waals surface area contributed by atoms with Gasteiger partial charge >= 0.3 is 0 Å². The van der Waals surface area contributed by atoms with Crippen molar-refractivity contribution in [2.75, 3.05) is 7.11 Å². The minimum atomic E-state index is -1.21. The molecule has 2 rings (SSSR count). The summed E-state index contributed by atoms with van der Waals surface area (Å²) in [6.07, 6.45) is 0. The number of hydrogen-bond acceptors (Lipinski definition) is 1. The minimum absolute atomic E-state index is 0.00419. The summed E-state index contributed by atoms with van der Waals surface area (Å²) in [7, 11) is 1.48. The number of alkyl halides is 1. The van der Waals surface area contributed by atoms with Gasteiger partial charge < -0.3 is 4.74 Å². The molecular formula is C14H9Br2F3O. The number of halogens is 5. The van der Waals surface area contributed by atoms with Crippen molar-refractivity contribution < 1.29 is 17.9 Å². The quantitative estimate of drug-likeness (QED) is 0.489. The lowest BCUT2D eigenvalue weighted by molar-refractivity contribution is 0.410. The van der Waals surface area contributed by atoms with Gasteiger partial charge in [0.1, 0.15) is 11.6 Å². The van der Waals surface area contributed by atoms with E-state index < -0.39 is 22.3 Å². The molecule has 0 aromatic heterocycles. The smallest absolute Gasteiger partial charge is 0.161 e. The van der Waals surface area contributed by atoms with Crippen LogP contribution in [0.5, 0.6) is 5.75 Å². The van der Waals surface area contributed by atoms with Gasteiger partial charge in [0, 0.05) is 21.7 Å². The van der Waals surface area contributed by atoms with Crippen molar-refractivity contribution in [2.45, 2.75) is 4.83 Å². The second-order valence-electron chi connectivity index (χ2n) is 4.04. The number of hydrogen-bond donors (Lipinski definition) is 0. The summed E-state index contributed by atoms with van der Waals surface area (Å²) in [5, 5.41) is 0. The molecule has 106 valence electrons. The molecule has 0 saturated heterocycles. The first-order valence-electron chi connectivity index (χ1n) is 5.56. The highest BCUT2D eigenvalue weighted by molar-refractivity contribution is 9.10. The van der Waals surface area contributed by atoms with E-state index in [0.717, 1.165) is 10.5 Å². The third-order valence-electron chi connectivity index (χ3n) is 2.78. The molecule has 0 amide bonds. The molecular weight excluding hydrogens is 401 g/mol. The van der Waals surface area contributed by atoms with Crippen LogP contribution in [-0.4, -0.2) is 7.11 Å². The first-order valence-corrected chi connectivity index (χ1v) is 7.27. The average Bonchev–Trinajstić information content (AvgIpc) is 2.42. The van der Waals surface area contributed by atoms with Crippen LogP contribution in [0.3, 0.4) is 0 Å². The van der Waals surface area contributed by atoms with Crippen LogP contribution in [0.4, 0.5) is 13.2 Å². The number of benzene rings is 2. The van der Waals surface area contributed by atoms with Gasteiger partial charge in [-0.25, -0.2) is 13.2 Å². The molecule has 20 heavy (non-hydrogen) atoms. The van der Waals surface area contributed by atoms with Crippen LogP contribution in [0.2, 0.25) is 0 Å². The zero-order chi connectivity index (χ0) is 14.9. The molecule has 0 aliphatic carbocycles. The van der Waals surface area contributed by atoms with Gasteiger partial charge in [0.05, 0.1) is 11.9 Å². The van der Waals surface area contributed by atoms with Crippen molar-refractivity contribution in [3.05, 3.63) is 63.4 Å². The van der Waals surface area contributed by atoms with Gasteiger partial charge in [-0.05, 0) is 18.2 Å². The fraction of sp³-hybridized carbons (Fsp3) is 0.143. The Labute approximate surface area is 131 Å². The van der Waals surface area contributed by atoms with Gasteiger partial charge in [-0.1, -0.05) is 37.9 Å². The van der Waals surface area contributed by atoms with Crippen LogP contribution in [0.1, 0.15) is 16.0 Å². The molecule has 0 radical (unpaired) electrons. The van der Waals surface area contributed by atoms with Gasteiger partial charge in [0.2, 0.25) is 0 Å². The lowest BCUT2D eigenvalue weighted by Crippen LogP contribution is -2.02. The summed E-state index contributed by atoms with van der Waals surface area (Å²) in [5.41, 5.74) is 0.616. The molecule has 0 bridgehead atoms. The van der Waals surface area contributed by atoms with Gasteiger partial charge in [-0.2, -0.15) is 0 Å². The number of rotatable bonds is 3. The molecule has 6 heteroatoms. The van der Waals surface area contributed by atoms with E-state index in [4.69, 9.17) is 4.74 Å². The first-order chi connectivity index (χ1) is 9.43. The maximum Gasteiger partial charge on any atom is 0.161 e. The van der Waals surface area contributed by atoms with E-state index in [1.54, 1.807) is 18.2 Å². The second kappa shape index (κ2) is 6.18. The molecule has 0 spiro atoms. The van der Waals surface area contributed by atoms with Crippen molar-refractivity contribution in [3.63, 3.8) is 0 Å². The predicted molar refractivity (Wildman–Crippen MR) is 77.8 cm³/mol. The zero-order valence-corrected chi connectivity index (χ0v) is 13.4. The van der Waals surface area contributed by atoms with Crippen molar-refractivity contribution in [3.8, 4) is 5.75 Å². The Morgan fingerprint density at radius 1 is 0.950 bits per heavy atom. The third kappa shape index (κ3) is 3.01. The van der Waals surface area contributed by atoms with E-state index in [1.165, 1.54) is 7.11 Å². The van der Waals surface area contributed by atoms with Crippen molar-refractivity contribution in [1.29, 1.82) is 0 Å². The topological polar surface area (TPSA) is 9.23 Å². The summed E-state index contributed by atoms with van der Waals surface area (Å²) in [6, 6.07) is 6.55. The highest BCUT2D eigenvalue weighted by atomic mass is 79.9. The normalized spacial score (nSPS) is 12.3. The lowest BCUT2D eigenvalue weighted by Gasteiger charge is -2.16. The van der Waals surface area contributed by atoms with Crippen molar-refractivity contribution in [1.82, 2.24) is 0 Å². The van der Waals surface area contributed by atoms with E-state index in [-0.39, 0.29) is 5.56 Å². The SMILES string of the molecule is COc1cc(Br)ccc1C(Br)c1cc(F)c(F)cc1F. The van der Waals surface area contributed by atoms with Crippen LogP contribution in [-0.2, 0) is 0 Å².